The van der Waals surface area contributed by atoms with E-state index in [0.29, 0.717) is 22.9 Å². The van der Waals surface area contributed by atoms with Crippen molar-refractivity contribution in [3.63, 3.8) is 0 Å². The Hall–Kier alpha value is -2.54. The van der Waals surface area contributed by atoms with E-state index in [-0.39, 0.29) is 11.9 Å². The monoisotopic (exact) mass is 424 g/mol. The van der Waals surface area contributed by atoms with E-state index < -0.39 is 0 Å². The number of halogens is 1. The van der Waals surface area contributed by atoms with Crippen molar-refractivity contribution in [2.45, 2.75) is 25.8 Å². The van der Waals surface area contributed by atoms with Gasteiger partial charge in [-0.15, -0.1) is 11.3 Å². The lowest BCUT2D eigenvalue weighted by Crippen LogP contribution is -2.41. The van der Waals surface area contributed by atoms with Gasteiger partial charge in [-0.25, -0.2) is 4.98 Å². The van der Waals surface area contributed by atoms with Crippen LogP contribution in [0, 0.1) is 6.92 Å². The van der Waals surface area contributed by atoms with Crippen molar-refractivity contribution in [2.75, 3.05) is 6.54 Å². The molecule has 0 unspecified atom stereocenters. The first-order valence-corrected chi connectivity index (χ1v) is 10.6. The zero-order valence-corrected chi connectivity index (χ0v) is 17.6. The molecule has 1 aliphatic carbocycles. The standard InChI is InChI=1S/C22H21ClN4OS/c1-13-5-6-14(18(23)9-13)10-15(11-24)27-21(28)20-12-26-22(29-20)17-7-8-25-19-4-2-3-16(17)19/h2-3,5-9,12,15H,4,10-11,24H2,1H3,(H,27,28)/t15-/m0/s1. The van der Waals surface area contributed by atoms with Crippen LogP contribution >= 0.6 is 22.9 Å². The third-order valence-electron chi connectivity index (χ3n) is 4.92. The zero-order chi connectivity index (χ0) is 20.4. The molecule has 5 nitrogen and oxygen atoms in total. The number of aromatic nitrogens is 2. The minimum atomic E-state index is -0.207. The quantitative estimate of drug-likeness (QED) is 0.625. The Bertz CT molecular complexity index is 1090. The highest BCUT2D eigenvalue weighted by atomic mass is 35.5. The van der Waals surface area contributed by atoms with Crippen LogP contribution in [0.2, 0.25) is 5.02 Å². The second-order valence-electron chi connectivity index (χ2n) is 7.06. The molecule has 148 valence electrons. The van der Waals surface area contributed by atoms with Crippen LogP contribution in [0.5, 0.6) is 0 Å². The topological polar surface area (TPSA) is 80.9 Å². The average Bonchev–Trinajstić information content (AvgIpc) is 3.38. The highest BCUT2D eigenvalue weighted by molar-refractivity contribution is 7.16. The first-order valence-electron chi connectivity index (χ1n) is 9.41. The minimum Gasteiger partial charge on any atom is -0.347 e. The van der Waals surface area contributed by atoms with E-state index in [1.807, 2.05) is 31.2 Å². The number of carbonyl (C=O) groups is 1. The van der Waals surface area contributed by atoms with Crippen molar-refractivity contribution in [1.29, 1.82) is 0 Å². The number of hydrogen-bond donors (Lipinski definition) is 2. The zero-order valence-electron chi connectivity index (χ0n) is 16.0. The highest BCUT2D eigenvalue weighted by Crippen LogP contribution is 2.32. The number of hydrogen-bond acceptors (Lipinski definition) is 5. The molecular weight excluding hydrogens is 404 g/mol. The molecule has 0 saturated heterocycles. The first kappa shape index (κ1) is 19.8. The van der Waals surface area contributed by atoms with Crippen molar-refractivity contribution in [3.05, 3.63) is 75.0 Å². The van der Waals surface area contributed by atoms with Gasteiger partial charge in [0.1, 0.15) is 9.88 Å². The molecule has 0 bridgehead atoms. The molecule has 2 aromatic heterocycles. The molecule has 0 saturated carbocycles. The number of nitrogens with one attached hydrogen (secondary N) is 1. The largest absolute Gasteiger partial charge is 0.347 e. The molecule has 1 aromatic carbocycles. The van der Waals surface area contributed by atoms with Gasteiger partial charge >= 0.3 is 0 Å². The van der Waals surface area contributed by atoms with Gasteiger partial charge in [0, 0.05) is 41.4 Å². The van der Waals surface area contributed by atoms with Gasteiger partial charge in [0.15, 0.2) is 0 Å². The molecule has 1 amide bonds. The number of nitrogens with two attached hydrogens (primary N) is 1. The number of nitrogens with zero attached hydrogens (tertiary/aromatic N) is 2. The highest BCUT2D eigenvalue weighted by Gasteiger charge is 2.19. The molecule has 1 atom stereocenters. The normalized spacial score (nSPS) is 13.3. The van der Waals surface area contributed by atoms with Crippen molar-refractivity contribution >= 4 is 34.9 Å². The predicted octanol–water partition coefficient (Wildman–Crippen LogP) is 4.04. The molecule has 4 rings (SSSR count). The third-order valence-corrected chi connectivity index (χ3v) is 6.30. The fraction of sp³-hybridized carbons (Fsp3) is 0.227. The fourth-order valence-corrected chi connectivity index (χ4v) is 4.55. The van der Waals surface area contributed by atoms with Crippen molar-refractivity contribution in [3.8, 4) is 10.6 Å². The van der Waals surface area contributed by atoms with Crippen molar-refractivity contribution in [1.82, 2.24) is 15.3 Å². The van der Waals surface area contributed by atoms with E-state index in [2.05, 4.69) is 27.4 Å². The summed E-state index contributed by atoms with van der Waals surface area (Å²) in [5, 5.41) is 4.52. The number of aryl methyl sites for hydroxylation is 1. The summed E-state index contributed by atoms with van der Waals surface area (Å²) >= 11 is 7.70. The number of carbonyl (C=O) groups excluding carboxylic acids is 1. The average molecular weight is 425 g/mol. The van der Waals surface area contributed by atoms with Crippen LogP contribution in [-0.4, -0.2) is 28.5 Å². The van der Waals surface area contributed by atoms with Gasteiger partial charge in [0.25, 0.3) is 5.91 Å². The summed E-state index contributed by atoms with van der Waals surface area (Å²) in [6, 6.07) is 7.64. The number of fused-ring (bicyclic) bond motifs is 1. The van der Waals surface area contributed by atoms with Crippen LogP contribution < -0.4 is 11.1 Å². The van der Waals surface area contributed by atoms with Gasteiger partial charge in [0.2, 0.25) is 0 Å². The smallest absolute Gasteiger partial charge is 0.263 e. The van der Waals surface area contributed by atoms with E-state index in [4.69, 9.17) is 17.3 Å². The van der Waals surface area contributed by atoms with Crippen molar-refractivity contribution < 1.29 is 4.79 Å². The van der Waals surface area contributed by atoms with Crippen LogP contribution in [-0.2, 0) is 12.8 Å². The fourth-order valence-electron chi connectivity index (χ4n) is 3.38. The van der Waals surface area contributed by atoms with Gasteiger partial charge in [-0.1, -0.05) is 35.9 Å². The van der Waals surface area contributed by atoms with Gasteiger partial charge in [-0.2, -0.15) is 0 Å². The Morgan fingerprint density at radius 2 is 2.21 bits per heavy atom. The molecule has 2 heterocycles. The Kier molecular flexibility index (Phi) is 5.76. The van der Waals surface area contributed by atoms with E-state index in [9.17, 15) is 4.79 Å². The summed E-state index contributed by atoms with van der Waals surface area (Å²) in [6.07, 6.45) is 8.97. The Labute approximate surface area is 178 Å². The lowest BCUT2D eigenvalue weighted by atomic mass is 10.0. The number of pyridine rings is 1. The number of thiazole rings is 1. The van der Waals surface area contributed by atoms with E-state index in [1.165, 1.54) is 11.3 Å². The molecule has 0 spiro atoms. The lowest BCUT2D eigenvalue weighted by molar-refractivity contribution is 0.0942. The molecule has 0 aliphatic heterocycles. The van der Waals surface area contributed by atoms with Crippen LogP contribution in [0.3, 0.4) is 0 Å². The summed E-state index contributed by atoms with van der Waals surface area (Å²) in [6.45, 7) is 2.32. The second-order valence-corrected chi connectivity index (χ2v) is 8.50. The Balaban J connectivity index is 1.49. The SMILES string of the molecule is Cc1ccc(C[C@@H](CN)NC(=O)c2cnc(-c3ccnc4c3C=CC4)s2)c(Cl)c1. The third kappa shape index (κ3) is 4.24. The summed E-state index contributed by atoms with van der Waals surface area (Å²) in [4.78, 5) is 22.2. The number of rotatable bonds is 6. The van der Waals surface area contributed by atoms with Gasteiger partial charge < -0.3 is 11.1 Å². The molecule has 0 radical (unpaired) electrons. The van der Waals surface area contributed by atoms with E-state index in [1.54, 1.807) is 12.4 Å². The maximum absolute atomic E-state index is 12.8. The van der Waals surface area contributed by atoms with Crippen LogP contribution in [0.1, 0.15) is 32.1 Å². The van der Waals surface area contributed by atoms with Crippen LogP contribution in [0.15, 0.2) is 42.7 Å². The van der Waals surface area contributed by atoms with E-state index in [0.717, 1.165) is 39.4 Å². The minimum absolute atomic E-state index is 0.173. The second kappa shape index (κ2) is 8.45. The summed E-state index contributed by atoms with van der Waals surface area (Å²) in [7, 11) is 0. The number of benzene rings is 1. The van der Waals surface area contributed by atoms with Crippen molar-refractivity contribution in [2.24, 2.45) is 5.73 Å². The lowest BCUT2D eigenvalue weighted by Gasteiger charge is -2.17. The Morgan fingerprint density at radius 1 is 1.34 bits per heavy atom. The van der Waals surface area contributed by atoms with E-state index >= 15 is 0 Å². The van der Waals surface area contributed by atoms with Crippen LogP contribution in [0.25, 0.3) is 16.6 Å². The van der Waals surface area contributed by atoms with Gasteiger partial charge in [-0.3, -0.25) is 9.78 Å². The van der Waals surface area contributed by atoms with Gasteiger partial charge in [0.05, 0.1) is 11.9 Å². The molecule has 0 fully saturated rings. The summed E-state index contributed by atoms with van der Waals surface area (Å²) in [5.74, 6) is -0.173. The maximum atomic E-state index is 12.8. The molecule has 7 heteroatoms. The molecule has 29 heavy (non-hydrogen) atoms. The molecule has 3 aromatic rings. The molecule has 3 N–H and O–H groups in total. The maximum Gasteiger partial charge on any atom is 0.263 e. The Morgan fingerprint density at radius 3 is 3.00 bits per heavy atom. The van der Waals surface area contributed by atoms with Crippen LogP contribution in [0.4, 0.5) is 0 Å². The predicted molar refractivity (Wildman–Crippen MR) is 118 cm³/mol. The summed E-state index contributed by atoms with van der Waals surface area (Å²) in [5.41, 5.74) is 11.1. The summed E-state index contributed by atoms with van der Waals surface area (Å²) < 4.78 is 0. The number of amides is 1. The molecule has 1 aliphatic rings. The molecular formula is C22H21ClN4OS. The van der Waals surface area contributed by atoms with Gasteiger partial charge in [-0.05, 0) is 36.6 Å². The first-order chi connectivity index (χ1) is 14.0. The number of allylic oxidation sites excluding steroid dienone is 1.